The topological polar surface area (TPSA) is 245 Å². The van der Waals surface area contributed by atoms with Gasteiger partial charge in [0.05, 0.1) is 51.8 Å². The highest BCUT2D eigenvalue weighted by molar-refractivity contribution is 5.87. The van der Waals surface area contributed by atoms with Gasteiger partial charge in [-0.15, -0.1) is 0 Å². The lowest BCUT2D eigenvalue weighted by molar-refractivity contribution is -0.347. The van der Waals surface area contributed by atoms with Crippen LogP contribution < -0.4 is 9.47 Å². The molecule has 1 aliphatic carbocycles. The predicted octanol–water partition coefficient (Wildman–Crippen LogP) is -2.46. The quantitative estimate of drug-likeness (QED) is 0.0720. The number of aliphatic hydroxyl groups excluding tert-OH is 7. The molecule has 4 aliphatic heterocycles. The van der Waals surface area contributed by atoms with Crippen LogP contribution in [0.25, 0.3) is 6.08 Å². The van der Waals surface area contributed by atoms with Gasteiger partial charge in [0.1, 0.15) is 48.3 Å². The van der Waals surface area contributed by atoms with Gasteiger partial charge in [-0.1, -0.05) is 6.07 Å². The van der Waals surface area contributed by atoms with Gasteiger partial charge in [0.25, 0.3) is 0 Å². The molecule has 0 radical (unpaired) electrons. The highest BCUT2D eigenvalue weighted by Gasteiger charge is 2.77. The zero-order chi connectivity index (χ0) is 35.2. The number of ether oxygens (including phenoxy) is 9. The Morgan fingerprint density at radius 2 is 1.61 bits per heavy atom. The van der Waals surface area contributed by atoms with Crippen molar-refractivity contribution in [2.24, 2.45) is 11.8 Å². The number of methoxy groups -OCH3 is 2. The highest BCUT2D eigenvalue weighted by Crippen LogP contribution is 2.61. The first-order valence-electron chi connectivity index (χ1n) is 15.8. The van der Waals surface area contributed by atoms with E-state index in [0.29, 0.717) is 17.1 Å². The second-order valence-corrected chi connectivity index (χ2v) is 12.6. The molecule has 7 N–H and O–H groups in total. The fourth-order valence-corrected chi connectivity index (χ4v) is 7.01. The Hall–Kier alpha value is -2.91. The Kier molecular flexibility index (Phi) is 10.5. The molecule has 0 bridgehead atoms. The van der Waals surface area contributed by atoms with Gasteiger partial charge < -0.3 is 78.4 Å². The van der Waals surface area contributed by atoms with E-state index < -0.39 is 117 Å². The van der Waals surface area contributed by atoms with E-state index in [0.717, 1.165) is 6.08 Å². The van der Waals surface area contributed by atoms with E-state index in [1.165, 1.54) is 33.5 Å². The van der Waals surface area contributed by atoms with E-state index in [4.69, 9.17) is 42.6 Å². The van der Waals surface area contributed by atoms with Gasteiger partial charge >= 0.3 is 5.97 Å². The summed E-state index contributed by atoms with van der Waals surface area (Å²) >= 11 is 0. The number of aliphatic hydroxyl groups is 7. The maximum atomic E-state index is 12.8. The Bertz CT molecular complexity index is 1390. The number of carbonyl (C=O) groups excluding carboxylic acids is 1. The van der Waals surface area contributed by atoms with Crippen molar-refractivity contribution in [1.29, 1.82) is 0 Å². The van der Waals surface area contributed by atoms with Crippen LogP contribution in [0.2, 0.25) is 0 Å². The Morgan fingerprint density at radius 3 is 2.31 bits per heavy atom. The van der Waals surface area contributed by atoms with Crippen LogP contribution in [-0.2, 0) is 38.0 Å². The second kappa shape index (κ2) is 14.4. The summed E-state index contributed by atoms with van der Waals surface area (Å²) in [5, 5.41) is 72.9. The van der Waals surface area contributed by atoms with Gasteiger partial charge in [-0.2, -0.15) is 0 Å². The van der Waals surface area contributed by atoms with Gasteiger partial charge in [-0.3, -0.25) is 0 Å². The third-order valence-electron chi connectivity index (χ3n) is 9.74. The number of carbonyl (C=O) groups is 1. The first-order valence-corrected chi connectivity index (χ1v) is 15.8. The van der Waals surface area contributed by atoms with Gasteiger partial charge in [0, 0.05) is 12.0 Å². The molecule has 0 unspecified atom stereocenters. The molecule has 272 valence electrons. The molecule has 5 aliphatic rings. The van der Waals surface area contributed by atoms with Crippen LogP contribution in [0.15, 0.2) is 36.6 Å². The van der Waals surface area contributed by atoms with Crippen molar-refractivity contribution in [3.05, 3.63) is 42.2 Å². The first-order chi connectivity index (χ1) is 23.5. The maximum Gasteiger partial charge on any atom is 0.331 e. The normalized spacial score (nSPS) is 44.2. The number of fused-ring (bicyclic) bond motifs is 3. The molecule has 6 rings (SSSR count). The smallest absolute Gasteiger partial charge is 0.331 e. The minimum atomic E-state index is -1.70. The minimum Gasteiger partial charge on any atom is -0.493 e. The summed E-state index contributed by atoms with van der Waals surface area (Å²) < 4.78 is 51.0. The Balaban J connectivity index is 1.14. The zero-order valence-electron chi connectivity index (χ0n) is 26.8. The van der Waals surface area contributed by atoms with Crippen molar-refractivity contribution in [3.8, 4) is 11.5 Å². The van der Waals surface area contributed by atoms with Gasteiger partial charge in [-0.05, 0) is 36.8 Å². The van der Waals surface area contributed by atoms with Crippen LogP contribution in [0.3, 0.4) is 0 Å². The third kappa shape index (κ3) is 6.55. The summed E-state index contributed by atoms with van der Waals surface area (Å²) in [4.78, 5) is 12.8. The lowest BCUT2D eigenvalue weighted by Crippen LogP contribution is -2.60. The van der Waals surface area contributed by atoms with E-state index in [-0.39, 0.29) is 0 Å². The number of esters is 1. The van der Waals surface area contributed by atoms with Crippen molar-refractivity contribution < 1.29 is 83.2 Å². The molecule has 49 heavy (non-hydrogen) atoms. The Morgan fingerprint density at radius 1 is 0.878 bits per heavy atom. The number of hydrogen-bond acceptors (Lipinski definition) is 17. The lowest BCUT2D eigenvalue weighted by Gasteiger charge is -2.44. The van der Waals surface area contributed by atoms with Gasteiger partial charge in [-0.25, -0.2) is 4.79 Å². The van der Waals surface area contributed by atoms with Crippen molar-refractivity contribution in [3.63, 3.8) is 0 Å². The molecule has 1 aromatic carbocycles. The largest absolute Gasteiger partial charge is 0.493 e. The van der Waals surface area contributed by atoms with E-state index in [1.807, 2.05) is 0 Å². The third-order valence-corrected chi connectivity index (χ3v) is 9.74. The maximum absolute atomic E-state index is 12.8. The highest BCUT2D eigenvalue weighted by atomic mass is 16.8. The van der Waals surface area contributed by atoms with Gasteiger partial charge in [0.2, 0.25) is 6.29 Å². The van der Waals surface area contributed by atoms with Crippen LogP contribution in [0.5, 0.6) is 11.5 Å². The second-order valence-electron chi connectivity index (χ2n) is 12.6. The molecule has 4 heterocycles. The molecule has 0 spiro atoms. The molecule has 16 atom stereocenters. The number of hydrogen-bond donors (Lipinski definition) is 7. The Labute approximate surface area is 280 Å². The molecular weight excluding hydrogens is 656 g/mol. The molecule has 3 saturated heterocycles. The predicted molar refractivity (Wildman–Crippen MR) is 160 cm³/mol. The van der Waals surface area contributed by atoms with Crippen molar-refractivity contribution in [1.82, 2.24) is 0 Å². The van der Waals surface area contributed by atoms with Crippen molar-refractivity contribution in [2.45, 2.75) is 92.4 Å². The number of benzene rings is 1. The van der Waals surface area contributed by atoms with E-state index >= 15 is 0 Å². The lowest BCUT2D eigenvalue weighted by atomic mass is 9.85. The molecule has 0 amide bonds. The summed E-state index contributed by atoms with van der Waals surface area (Å²) in [7, 11) is 2.98. The van der Waals surface area contributed by atoms with E-state index in [2.05, 4.69) is 0 Å². The SMILES string of the molecule is COc1ccc(/C=C/C(=O)O[C@@H]2[C@@H](O)[C@H](C)O[C@@H](O[C@@H]3[C@@H]4C=CO[C@H](O[C@@H]5O[C@H](CO)[C@@H](O)[C@H](O)[C@H]5O)[C@@H]4[C@]4(CO)O[C@@H]34)[C@@H]2O)cc1OC. The molecule has 17 nitrogen and oxygen atoms in total. The summed E-state index contributed by atoms with van der Waals surface area (Å²) in [6.07, 6.45) is -11.8. The van der Waals surface area contributed by atoms with Crippen LogP contribution in [0.1, 0.15) is 12.5 Å². The average Bonchev–Trinajstić information content (AvgIpc) is 3.78. The van der Waals surface area contributed by atoms with Crippen molar-refractivity contribution in [2.75, 3.05) is 27.4 Å². The molecule has 0 aromatic heterocycles. The van der Waals surface area contributed by atoms with Crippen LogP contribution in [0.4, 0.5) is 0 Å². The fraction of sp³-hybridized carbons (Fsp3) is 0.656. The summed E-state index contributed by atoms with van der Waals surface area (Å²) in [6, 6.07) is 5.01. The monoisotopic (exact) mass is 698 g/mol. The van der Waals surface area contributed by atoms with Crippen LogP contribution >= 0.6 is 0 Å². The van der Waals surface area contributed by atoms with Crippen molar-refractivity contribution >= 4 is 12.0 Å². The van der Waals surface area contributed by atoms with E-state index in [9.17, 15) is 40.5 Å². The molecule has 4 fully saturated rings. The standard InChI is InChI=1S/C32H42O17/c1-13-21(36)27(46-19(35)7-5-14-4-6-16(41-2)17(10-14)42-3)25(40)31(44-13)47-26-15-8-9-43-29(20(15)32(12-34)28(26)49-32)48-30-24(39)23(38)22(37)18(11-33)45-30/h4-10,13,15,18,20-31,33-34,36-40H,11-12H2,1-3H3/b7-5+/t13-,15+,18+,20+,21-,22+,23-,24+,25+,26+,27+,28-,29+,30-,31-,32-/m0/s1. The summed E-state index contributed by atoms with van der Waals surface area (Å²) in [6.45, 7) is 0.376. The minimum absolute atomic E-state index is 0.451. The van der Waals surface area contributed by atoms with E-state index in [1.54, 1.807) is 24.3 Å². The average molecular weight is 699 g/mol. The van der Waals surface area contributed by atoms with Gasteiger partial charge in [0.15, 0.2) is 30.2 Å². The fourth-order valence-electron chi connectivity index (χ4n) is 7.01. The summed E-state index contributed by atoms with van der Waals surface area (Å²) in [5.74, 6) is -1.23. The zero-order valence-corrected chi connectivity index (χ0v) is 26.8. The molecule has 17 heteroatoms. The number of rotatable bonds is 11. The van der Waals surface area contributed by atoms with Crippen LogP contribution in [0, 0.1) is 11.8 Å². The van der Waals surface area contributed by atoms with Crippen LogP contribution in [-0.4, -0.2) is 155 Å². The first kappa shape index (κ1) is 35.9. The summed E-state index contributed by atoms with van der Waals surface area (Å²) in [5.41, 5.74) is -0.632. The molecular formula is C32H42O17. The number of epoxide rings is 1. The molecule has 1 aromatic rings. The molecule has 1 saturated carbocycles.